The molecule has 19 heavy (non-hydrogen) atoms. The average molecular weight is 254 g/mol. The monoisotopic (exact) mass is 254 g/mol. The number of fused-ring (bicyclic) bond motifs is 1. The summed E-state index contributed by atoms with van der Waals surface area (Å²) < 4.78 is 7.98. The Balaban J connectivity index is 1.92. The molecule has 0 saturated carbocycles. The summed E-state index contributed by atoms with van der Waals surface area (Å²) in [6, 6.07) is 12.6. The SMILES string of the molecule is CNCc1ccc(Cc2cn(C)c3ccccc23)o1. The summed E-state index contributed by atoms with van der Waals surface area (Å²) in [5, 5.41) is 4.40. The number of furan rings is 1. The first kappa shape index (κ1) is 12.1. The lowest BCUT2D eigenvalue weighted by Crippen LogP contribution is -2.03. The third-order valence-corrected chi connectivity index (χ3v) is 3.41. The summed E-state index contributed by atoms with van der Waals surface area (Å²) in [5.41, 5.74) is 2.57. The highest BCUT2D eigenvalue weighted by molar-refractivity contribution is 5.84. The van der Waals surface area contributed by atoms with Crippen molar-refractivity contribution in [1.82, 2.24) is 9.88 Å². The van der Waals surface area contributed by atoms with Crippen LogP contribution < -0.4 is 5.32 Å². The van der Waals surface area contributed by atoms with Gasteiger partial charge in [0, 0.05) is 30.6 Å². The van der Waals surface area contributed by atoms with Crippen LogP contribution in [0.1, 0.15) is 17.1 Å². The van der Waals surface area contributed by atoms with Crippen LogP contribution in [0, 0.1) is 0 Å². The van der Waals surface area contributed by atoms with E-state index in [2.05, 4.69) is 53.5 Å². The van der Waals surface area contributed by atoms with Crippen molar-refractivity contribution in [3.63, 3.8) is 0 Å². The zero-order valence-corrected chi connectivity index (χ0v) is 11.3. The van der Waals surface area contributed by atoms with Gasteiger partial charge in [0.15, 0.2) is 0 Å². The van der Waals surface area contributed by atoms with Gasteiger partial charge in [0.25, 0.3) is 0 Å². The molecule has 1 aromatic carbocycles. The van der Waals surface area contributed by atoms with Crippen molar-refractivity contribution < 1.29 is 4.42 Å². The van der Waals surface area contributed by atoms with Crippen LogP contribution in [0.5, 0.6) is 0 Å². The number of hydrogen-bond acceptors (Lipinski definition) is 2. The summed E-state index contributed by atoms with van der Waals surface area (Å²) in [6.45, 7) is 0.773. The van der Waals surface area contributed by atoms with Gasteiger partial charge in [0.05, 0.1) is 6.54 Å². The first-order valence-corrected chi connectivity index (χ1v) is 6.53. The van der Waals surface area contributed by atoms with Gasteiger partial charge in [-0.2, -0.15) is 0 Å². The molecule has 3 heteroatoms. The van der Waals surface area contributed by atoms with Gasteiger partial charge in [-0.1, -0.05) is 18.2 Å². The quantitative estimate of drug-likeness (QED) is 0.775. The number of nitrogens with zero attached hydrogens (tertiary/aromatic N) is 1. The molecule has 0 amide bonds. The fourth-order valence-corrected chi connectivity index (χ4v) is 2.54. The van der Waals surface area contributed by atoms with Gasteiger partial charge in [-0.05, 0) is 30.8 Å². The molecule has 0 aliphatic carbocycles. The minimum absolute atomic E-state index is 0.773. The second kappa shape index (κ2) is 4.94. The third-order valence-electron chi connectivity index (χ3n) is 3.41. The Bertz CT molecular complexity index is 694. The lowest BCUT2D eigenvalue weighted by Gasteiger charge is -1.97. The molecule has 98 valence electrons. The van der Waals surface area contributed by atoms with E-state index in [1.165, 1.54) is 16.5 Å². The first-order valence-electron chi connectivity index (χ1n) is 6.53. The molecule has 0 saturated heterocycles. The summed E-state index contributed by atoms with van der Waals surface area (Å²) in [5.74, 6) is 2.00. The Morgan fingerprint density at radius 1 is 1.11 bits per heavy atom. The molecule has 3 nitrogen and oxygen atoms in total. The predicted molar refractivity (Wildman–Crippen MR) is 77.2 cm³/mol. The van der Waals surface area contributed by atoms with Crippen molar-refractivity contribution >= 4 is 10.9 Å². The average Bonchev–Trinajstić information content (AvgIpc) is 2.97. The van der Waals surface area contributed by atoms with Crippen LogP contribution in [0.15, 0.2) is 47.0 Å². The largest absolute Gasteiger partial charge is 0.464 e. The van der Waals surface area contributed by atoms with Crippen LogP contribution in [-0.2, 0) is 20.0 Å². The lowest BCUT2D eigenvalue weighted by molar-refractivity contribution is 0.462. The first-order chi connectivity index (χ1) is 9.28. The predicted octanol–water partition coefficient (Wildman–Crippen LogP) is 3.08. The van der Waals surface area contributed by atoms with E-state index in [0.29, 0.717) is 0 Å². The van der Waals surface area contributed by atoms with Crippen molar-refractivity contribution in [2.75, 3.05) is 7.05 Å². The lowest BCUT2D eigenvalue weighted by atomic mass is 10.1. The highest BCUT2D eigenvalue weighted by Gasteiger charge is 2.09. The molecule has 0 fully saturated rings. The van der Waals surface area contributed by atoms with E-state index >= 15 is 0 Å². The second-order valence-corrected chi connectivity index (χ2v) is 4.86. The molecule has 0 bridgehead atoms. The van der Waals surface area contributed by atoms with Gasteiger partial charge in [-0.15, -0.1) is 0 Å². The molecule has 2 heterocycles. The molecule has 0 radical (unpaired) electrons. The Kier molecular flexibility index (Phi) is 3.13. The molecule has 0 unspecified atom stereocenters. The van der Waals surface area contributed by atoms with Crippen molar-refractivity contribution in [2.24, 2.45) is 7.05 Å². The van der Waals surface area contributed by atoms with Gasteiger partial charge in [0.1, 0.15) is 11.5 Å². The Labute approximate surface area is 112 Å². The van der Waals surface area contributed by atoms with E-state index in [1.54, 1.807) is 0 Å². The normalized spacial score (nSPS) is 11.3. The molecule has 2 aromatic heterocycles. The number of para-hydroxylation sites is 1. The number of aryl methyl sites for hydroxylation is 1. The highest BCUT2D eigenvalue weighted by Crippen LogP contribution is 2.23. The summed E-state index contributed by atoms with van der Waals surface area (Å²) in [4.78, 5) is 0. The molecule has 0 spiro atoms. The van der Waals surface area contributed by atoms with Crippen LogP contribution >= 0.6 is 0 Å². The smallest absolute Gasteiger partial charge is 0.117 e. The van der Waals surface area contributed by atoms with Crippen LogP contribution in [0.4, 0.5) is 0 Å². The zero-order chi connectivity index (χ0) is 13.2. The van der Waals surface area contributed by atoms with Crippen LogP contribution in [-0.4, -0.2) is 11.6 Å². The van der Waals surface area contributed by atoms with Gasteiger partial charge in [0.2, 0.25) is 0 Å². The molecule has 0 aliphatic rings. The van der Waals surface area contributed by atoms with Crippen molar-refractivity contribution in [2.45, 2.75) is 13.0 Å². The second-order valence-electron chi connectivity index (χ2n) is 4.86. The summed E-state index contributed by atoms with van der Waals surface area (Å²) >= 11 is 0. The van der Waals surface area contributed by atoms with Gasteiger partial charge in [-0.25, -0.2) is 0 Å². The Morgan fingerprint density at radius 3 is 2.74 bits per heavy atom. The summed E-state index contributed by atoms with van der Waals surface area (Å²) in [7, 11) is 4.01. The van der Waals surface area contributed by atoms with E-state index in [-0.39, 0.29) is 0 Å². The molecule has 0 atom stereocenters. The fraction of sp³-hybridized carbons (Fsp3) is 0.250. The molecule has 3 rings (SSSR count). The van der Waals surface area contributed by atoms with Crippen molar-refractivity contribution in [3.8, 4) is 0 Å². The molecular weight excluding hydrogens is 236 g/mol. The minimum atomic E-state index is 0.773. The van der Waals surface area contributed by atoms with Crippen LogP contribution in [0.2, 0.25) is 0 Å². The molecule has 1 N–H and O–H groups in total. The maximum atomic E-state index is 5.81. The number of aromatic nitrogens is 1. The van der Waals surface area contributed by atoms with E-state index in [9.17, 15) is 0 Å². The Hall–Kier alpha value is -2.00. The number of benzene rings is 1. The topological polar surface area (TPSA) is 30.1 Å². The van der Waals surface area contributed by atoms with Gasteiger partial charge in [-0.3, -0.25) is 0 Å². The number of hydrogen-bond donors (Lipinski definition) is 1. The van der Waals surface area contributed by atoms with E-state index in [0.717, 1.165) is 24.5 Å². The van der Waals surface area contributed by atoms with E-state index in [1.807, 2.05) is 13.1 Å². The maximum absolute atomic E-state index is 5.81. The van der Waals surface area contributed by atoms with Gasteiger partial charge < -0.3 is 14.3 Å². The molecule has 0 aliphatic heterocycles. The highest BCUT2D eigenvalue weighted by atomic mass is 16.3. The van der Waals surface area contributed by atoms with Crippen molar-refractivity contribution in [1.29, 1.82) is 0 Å². The van der Waals surface area contributed by atoms with E-state index < -0.39 is 0 Å². The maximum Gasteiger partial charge on any atom is 0.117 e. The van der Waals surface area contributed by atoms with Crippen molar-refractivity contribution in [3.05, 3.63) is 59.7 Å². The van der Waals surface area contributed by atoms with E-state index in [4.69, 9.17) is 4.42 Å². The standard InChI is InChI=1S/C16H18N2O/c1-17-10-14-8-7-13(19-14)9-12-11-18(2)16-6-4-3-5-15(12)16/h3-8,11,17H,9-10H2,1-2H3. The zero-order valence-electron chi connectivity index (χ0n) is 11.3. The third kappa shape index (κ3) is 2.29. The number of rotatable bonds is 4. The molecular formula is C16H18N2O. The molecule has 3 aromatic rings. The minimum Gasteiger partial charge on any atom is -0.464 e. The van der Waals surface area contributed by atoms with Gasteiger partial charge >= 0.3 is 0 Å². The summed E-state index contributed by atoms with van der Waals surface area (Å²) in [6.07, 6.45) is 3.02. The fourth-order valence-electron chi connectivity index (χ4n) is 2.54. The Morgan fingerprint density at radius 2 is 1.89 bits per heavy atom. The van der Waals surface area contributed by atoms with Crippen LogP contribution in [0.3, 0.4) is 0 Å². The number of nitrogens with one attached hydrogen (secondary N) is 1. The van der Waals surface area contributed by atoms with Crippen LogP contribution in [0.25, 0.3) is 10.9 Å².